The van der Waals surface area contributed by atoms with E-state index in [2.05, 4.69) is 5.32 Å². The first-order valence-corrected chi connectivity index (χ1v) is 11.6. The van der Waals surface area contributed by atoms with Crippen LogP contribution in [0.3, 0.4) is 0 Å². The van der Waals surface area contributed by atoms with Crippen molar-refractivity contribution in [3.8, 4) is 5.75 Å². The van der Waals surface area contributed by atoms with Crippen molar-refractivity contribution in [3.05, 3.63) is 60.2 Å². The van der Waals surface area contributed by atoms with Gasteiger partial charge in [-0.25, -0.2) is 8.42 Å². The fraction of sp³-hybridized carbons (Fsp3) is 0.409. The van der Waals surface area contributed by atoms with Crippen LogP contribution in [-0.2, 0) is 14.8 Å². The Kier molecular flexibility index (Phi) is 6.17. The van der Waals surface area contributed by atoms with E-state index < -0.39 is 10.0 Å². The number of carbonyl (C=O) groups is 1. The maximum absolute atomic E-state index is 12.6. The zero-order valence-electron chi connectivity index (χ0n) is 17.1. The van der Waals surface area contributed by atoms with Crippen LogP contribution >= 0.6 is 0 Å². The van der Waals surface area contributed by atoms with Crippen molar-refractivity contribution < 1.29 is 17.9 Å². The molecule has 7 heteroatoms. The van der Waals surface area contributed by atoms with E-state index in [1.807, 2.05) is 44.2 Å². The Bertz CT molecular complexity index is 958. The Morgan fingerprint density at radius 2 is 1.79 bits per heavy atom. The van der Waals surface area contributed by atoms with E-state index in [9.17, 15) is 13.2 Å². The molecule has 1 aliphatic heterocycles. The van der Waals surface area contributed by atoms with Crippen molar-refractivity contribution in [2.75, 3.05) is 17.1 Å². The molecule has 1 aliphatic rings. The Hall–Kier alpha value is -2.54. The first-order chi connectivity index (χ1) is 13.7. The molecular weight excluding hydrogens is 388 g/mol. The van der Waals surface area contributed by atoms with E-state index in [0.717, 1.165) is 11.3 Å². The minimum Gasteiger partial charge on any atom is -0.487 e. The summed E-state index contributed by atoms with van der Waals surface area (Å²) in [4.78, 5) is 12.6. The fourth-order valence-electron chi connectivity index (χ4n) is 3.66. The largest absolute Gasteiger partial charge is 0.487 e. The molecule has 0 bridgehead atoms. The van der Waals surface area contributed by atoms with Crippen LogP contribution in [0, 0.1) is 0 Å². The van der Waals surface area contributed by atoms with Gasteiger partial charge in [0.1, 0.15) is 11.4 Å². The molecule has 0 unspecified atom stereocenters. The summed E-state index contributed by atoms with van der Waals surface area (Å²) < 4.78 is 31.6. The van der Waals surface area contributed by atoms with Gasteiger partial charge in [-0.3, -0.25) is 9.10 Å². The number of nitrogens with zero attached hydrogens (tertiary/aromatic N) is 1. The molecule has 1 N–H and O–H groups in total. The summed E-state index contributed by atoms with van der Waals surface area (Å²) in [6.45, 7) is 4.27. The number of anilines is 1. The molecule has 0 saturated heterocycles. The molecule has 0 aliphatic carbocycles. The molecule has 0 radical (unpaired) electrons. The van der Waals surface area contributed by atoms with E-state index >= 15 is 0 Å². The summed E-state index contributed by atoms with van der Waals surface area (Å²) in [5.74, 6) is 0.699. The Morgan fingerprint density at radius 1 is 1.14 bits per heavy atom. The molecule has 1 amide bonds. The van der Waals surface area contributed by atoms with Gasteiger partial charge in [-0.2, -0.15) is 0 Å². The second-order valence-corrected chi connectivity index (χ2v) is 9.90. The monoisotopic (exact) mass is 416 g/mol. The molecule has 156 valence electrons. The van der Waals surface area contributed by atoms with Crippen molar-refractivity contribution in [1.29, 1.82) is 0 Å². The third kappa shape index (κ3) is 5.50. The number of nitrogens with one attached hydrogen (secondary N) is 1. The number of carbonyl (C=O) groups excluding carboxylic acids is 1. The lowest BCUT2D eigenvalue weighted by atomic mass is 9.89. The maximum Gasteiger partial charge on any atom is 0.232 e. The average Bonchev–Trinajstić information content (AvgIpc) is 2.64. The standard InChI is InChI=1S/C22H28N2O4S/c1-22(2)16-19(18-12-7-8-13-20(18)28-22)23-21(25)14-9-15-24(29(3,26)27)17-10-5-4-6-11-17/h4-8,10-13,19H,9,14-16H2,1-3H3,(H,23,25)/t19-/m0/s1. The van der Waals surface area contributed by atoms with Gasteiger partial charge in [-0.05, 0) is 38.5 Å². The topological polar surface area (TPSA) is 75.7 Å². The molecule has 0 fully saturated rings. The minimum absolute atomic E-state index is 0.0935. The molecule has 2 aromatic carbocycles. The van der Waals surface area contributed by atoms with E-state index in [4.69, 9.17) is 4.74 Å². The van der Waals surface area contributed by atoms with Crippen LogP contribution in [-0.4, -0.2) is 32.7 Å². The number of sulfonamides is 1. The van der Waals surface area contributed by atoms with Crippen LogP contribution in [0.1, 0.15) is 44.7 Å². The van der Waals surface area contributed by atoms with Gasteiger partial charge in [0.2, 0.25) is 15.9 Å². The molecular formula is C22H28N2O4S. The summed E-state index contributed by atoms with van der Waals surface area (Å²) in [7, 11) is -3.41. The van der Waals surface area contributed by atoms with Crippen molar-refractivity contribution in [2.24, 2.45) is 0 Å². The number of amides is 1. The lowest BCUT2D eigenvalue weighted by Gasteiger charge is -2.37. The highest BCUT2D eigenvalue weighted by atomic mass is 32.2. The molecule has 1 heterocycles. The van der Waals surface area contributed by atoms with Gasteiger partial charge in [0, 0.05) is 24.9 Å². The Morgan fingerprint density at radius 3 is 2.48 bits per heavy atom. The van der Waals surface area contributed by atoms with E-state index in [1.165, 1.54) is 10.6 Å². The lowest BCUT2D eigenvalue weighted by Crippen LogP contribution is -2.41. The second kappa shape index (κ2) is 8.45. The van der Waals surface area contributed by atoms with Gasteiger partial charge in [0.15, 0.2) is 0 Å². The Labute approximate surface area is 172 Å². The minimum atomic E-state index is -3.41. The number of fused-ring (bicyclic) bond motifs is 1. The second-order valence-electron chi connectivity index (χ2n) is 8.00. The van der Waals surface area contributed by atoms with Crippen LogP contribution in [0.25, 0.3) is 0 Å². The third-order valence-corrected chi connectivity index (χ3v) is 6.12. The van der Waals surface area contributed by atoms with Crippen LogP contribution in [0.15, 0.2) is 54.6 Å². The van der Waals surface area contributed by atoms with Crippen LogP contribution in [0.5, 0.6) is 5.75 Å². The number of benzene rings is 2. The van der Waals surface area contributed by atoms with E-state index in [0.29, 0.717) is 18.5 Å². The highest BCUT2D eigenvalue weighted by Gasteiger charge is 2.34. The summed E-state index contributed by atoms with van der Waals surface area (Å²) in [6, 6.07) is 16.5. The number of hydrogen-bond acceptors (Lipinski definition) is 4. The zero-order valence-corrected chi connectivity index (χ0v) is 17.9. The van der Waals surface area contributed by atoms with Crippen molar-refractivity contribution >= 4 is 21.6 Å². The molecule has 0 spiro atoms. The summed E-state index contributed by atoms with van der Waals surface area (Å²) in [5, 5.41) is 3.10. The zero-order chi connectivity index (χ0) is 21.1. The van der Waals surface area contributed by atoms with Crippen molar-refractivity contribution in [1.82, 2.24) is 5.32 Å². The van der Waals surface area contributed by atoms with Gasteiger partial charge >= 0.3 is 0 Å². The summed E-state index contributed by atoms with van der Waals surface area (Å²) >= 11 is 0. The van der Waals surface area contributed by atoms with Crippen molar-refractivity contribution in [3.63, 3.8) is 0 Å². The molecule has 0 saturated carbocycles. The van der Waals surface area contributed by atoms with Crippen LogP contribution in [0.4, 0.5) is 5.69 Å². The summed E-state index contributed by atoms with van der Waals surface area (Å²) in [5.41, 5.74) is 1.21. The van der Waals surface area contributed by atoms with Gasteiger partial charge in [-0.15, -0.1) is 0 Å². The molecule has 29 heavy (non-hydrogen) atoms. The van der Waals surface area contributed by atoms with Crippen LogP contribution in [0.2, 0.25) is 0 Å². The highest BCUT2D eigenvalue weighted by Crippen LogP contribution is 2.39. The number of ether oxygens (including phenoxy) is 1. The van der Waals surface area contributed by atoms with E-state index in [-0.39, 0.29) is 30.5 Å². The predicted octanol–water partition coefficient (Wildman–Crippen LogP) is 3.65. The number of hydrogen-bond donors (Lipinski definition) is 1. The lowest BCUT2D eigenvalue weighted by molar-refractivity contribution is -0.122. The molecule has 2 aromatic rings. The third-order valence-electron chi connectivity index (χ3n) is 4.92. The smallest absolute Gasteiger partial charge is 0.232 e. The number of para-hydroxylation sites is 2. The summed E-state index contributed by atoms with van der Waals surface area (Å²) in [6.07, 6.45) is 2.54. The first-order valence-electron chi connectivity index (χ1n) is 9.76. The molecule has 3 rings (SSSR count). The van der Waals surface area contributed by atoms with Gasteiger partial charge in [0.25, 0.3) is 0 Å². The Balaban J connectivity index is 1.61. The van der Waals surface area contributed by atoms with Gasteiger partial charge in [-0.1, -0.05) is 36.4 Å². The SMILES string of the molecule is CC1(C)C[C@H](NC(=O)CCCN(c2ccccc2)S(C)(=O)=O)c2ccccc2O1. The molecule has 6 nitrogen and oxygen atoms in total. The maximum atomic E-state index is 12.6. The molecule has 0 aromatic heterocycles. The predicted molar refractivity (Wildman–Crippen MR) is 115 cm³/mol. The fourth-order valence-corrected chi connectivity index (χ4v) is 4.63. The normalized spacial score (nSPS) is 17.7. The quantitative estimate of drug-likeness (QED) is 0.748. The van der Waals surface area contributed by atoms with Crippen molar-refractivity contribution in [2.45, 2.75) is 44.8 Å². The van der Waals surface area contributed by atoms with Crippen LogP contribution < -0.4 is 14.4 Å². The van der Waals surface area contributed by atoms with E-state index in [1.54, 1.807) is 24.3 Å². The average molecular weight is 417 g/mol. The van der Waals surface area contributed by atoms with Gasteiger partial charge < -0.3 is 10.1 Å². The first kappa shape index (κ1) is 21.2. The molecule has 1 atom stereocenters. The number of rotatable bonds is 7. The van der Waals surface area contributed by atoms with Gasteiger partial charge in [0.05, 0.1) is 18.0 Å². The highest BCUT2D eigenvalue weighted by molar-refractivity contribution is 7.92.